The maximum Gasteiger partial charge on any atom is 0.175 e. The molecule has 0 amide bonds. The van der Waals surface area contributed by atoms with E-state index in [9.17, 15) is 9.59 Å². The van der Waals surface area contributed by atoms with Gasteiger partial charge in [0.05, 0.1) is 9.75 Å². The van der Waals surface area contributed by atoms with E-state index in [0.717, 1.165) is 24.0 Å². The van der Waals surface area contributed by atoms with Crippen molar-refractivity contribution in [2.75, 3.05) is 0 Å². The number of carbonyl (C=O) groups is 2. The van der Waals surface area contributed by atoms with Crippen LogP contribution in [0.25, 0.3) is 0 Å². The first kappa shape index (κ1) is 8.63. The second kappa shape index (κ2) is 3.42. The molecular weight excluding hydrogens is 184 g/mol. The monoisotopic (exact) mass is 194 g/mol. The third kappa shape index (κ3) is 1.56. The van der Waals surface area contributed by atoms with Crippen molar-refractivity contribution in [2.45, 2.75) is 19.3 Å². The Morgan fingerprint density at radius 1 is 1.46 bits per heavy atom. The van der Waals surface area contributed by atoms with Crippen LogP contribution in [0.4, 0.5) is 0 Å². The van der Waals surface area contributed by atoms with E-state index < -0.39 is 0 Å². The second-order valence-corrected chi connectivity index (χ2v) is 4.43. The van der Waals surface area contributed by atoms with E-state index in [1.807, 2.05) is 0 Å². The Morgan fingerprint density at radius 3 is 2.69 bits per heavy atom. The predicted octanol–water partition coefficient (Wildman–Crippen LogP) is 2.54. The zero-order valence-electron chi connectivity index (χ0n) is 7.16. The fourth-order valence-corrected chi connectivity index (χ4v) is 2.26. The van der Waals surface area contributed by atoms with Gasteiger partial charge in [-0.15, -0.1) is 11.3 Å². The van der Waals surface area contributed by atoms with Gasteiger partial charge in [0.15, 0.2) is 12.1 Å². The lowest BCUT2D eigenvalue weighted by Gasteiger charge is -2.22. The minimum absolute atomic E-state index is 0.226. The zero-order chi connectivity index (χ0) is 9.26. The first-order chi connectivity index (χ1) is 6.31. The summed E-state index contributed by atoms with van der Waals surface area (Å²) in [6.45, 7) is 0. The highest BCUT2D eigenvalue weighted by Crippen LogP contribution is 2.31. The highest BCUT2D eigenvalue weighted by atomic mass is 32.1. The van der Waals surface area contributed by atoms with E-state index >= 15 is 0 Å². The molecule has 13 heavy (non-hydrogen) atoms. The number of hydrogen-bond donors (Lipinski definition) is 0. The Morgan fingerprint density at radius 2 is 2.23 bits per heavy atom. The molecule has 0 spiro atoms. The number of aldehydes is 1. The van der Waals surface area contributed by atoms with E-state index in [0.29, 0.717) is 4.88 Å². The first-order valence-electron chi connectivity index (χ1n) is 4.40. The van der Waals surface area contributed by atoms with Crippen molar-refractivity contribution in [3.05, 3.63) is 21.9 Å². The molecule has 2 rings (SSSR count). The average Bonchev–Trinajstić information content (AvgIpc) is 2.48. The molecule has 1 heterocycles. The summed E-state index contributed by atoms with van der Waals surface area (Å²) in [6, 6.07) is 3.47. The third-order valence-electron chi connectivity index (χ3n) is 2.46. The lowest BCUT2D eigenvalue weighted by atomic mass is 9.82. The van der Waals surface area contributed by atoms with Crippen molar-refractivity contribution in [1.82, 2.24) is 0 Å². The fraction of sp³-hybridized carbons (Fsp3) is 0.400. The summed E-state index contributed by atoms with van der Waals surface area (Å²) < 4.78 is 0. The normalized spacial score (nSPS) is 16.6. The highest BCUT2D eigenvalue weighted by Gasteiger charge is 2.26. The van der Waals surface area contributed by atoms with Gasteiger partial charge in [-0.3, -0.25) is 9.59 Å². The fourth-order valence-electron chi connectivity index (χ4n) is 1.42. The van der Waals surface area contributed by atoms with Crippen LogP contribution >= 0.6 is 11.3 Å². The molecule has 1 aromatic rings. The van der Waals surface area contributed by atoms with Gasteiger partial charge in [0.2, 0.25) is 0 Å². The van der Waals surface area contributed by atoms with Crippen LogP contribution in [0.3, 0.4) is 0 Å². The summed E-state index contributed by atoms with van der Waals surface area (Å²) in [5.74, 6) is 0.461. The summed E-state index contributed by atoms with van der Waals surface area (Å²) >= 11 is 1.30. The van der Waals surface area contributed by atoms with E-state index in [-0.39, 0.29) is 11.7 Å². The third-order valence-corrected chi connectivity index (χ3v) is 3.49. The number of Topliss-reactive ketones (excluding diaryl/α,β-unsaturated/α-hetero) is 1. The Hall–Kier alpha value is -0.960. The van der Waals surface area contributed by atoms with Gasteiger partial charge in [-0.1, -0.05) is 6.42 Å². The molecule has 0 bridgehead atoms. The quantitative estimate of drug-likeness (QED) is 0.547. The van der Waals surface area contributed by atoms with Crippen LogP contribution in [0.5, 0.6) is 0 Å². The van der Waals surface area contributed by atoms with Gasteiger partial charge in [0.25, 0.3) is 0 Å². The van der Waals surface area contributed by atoms with Crippen LogP contribution in [0, 0.1) is 5.92 Å². The molecular formula is C10H10O2S. The van der Waals surface area contributed by atoms with Gasteiger partial charge in [-0.2, -0.15) is 0 Å². The summed E-state index contributed by atoms with van der Waals surface area (Å²) in [7, 11) is 0. The maximum atomic E-state index is 11.7. The largest absolute Gasteiger partial charge is 0.297 e. The molecule has 1 aliphatic rings. The van der Waals surface area contributed by atoms with Crippen molar-refractivity contribution in [3.63, 3.8) is 0 Å². The molecule has 1 saturated carbocycles. The minimum Gasteiger partial charge on any atom is -0.297 e. The average molecular weight is 194 g/mol. The lowest BCUT2D eigenvalue weighted by molar-refractivity contribution is 0.0859. The number of carbonyl (C=O) groups excluding carboxylic acids is 2. The molecule has 0 radical (unpaired) electrons. The lowest BCUT2D eigenvalue weighted by Crippen LogP contribution is -2.20. The van der Waals surface area contributed by atoms with Crippen molar-refractivity contribution >= 4 is 23.4 Å². The molecule has 2 nitrogen and oxygen atoms in total. The Balaban J connectivity index is 2.14. The smallest absolute Gasteiger partial charge is 0.175 e. The minimum atomic E-state index is 0.226. The van der Waals surface area contributed by atoms with Crippen LogP contribution in [0.15, 0.2) is 12.1 Å². The van der Waals surface area contributed by atoms with Crippen molar-refractivity contribution in [1.29, 1.82) is 0 Å². The maximum absolute atomic E-state index is 11.7. The number of thiophene rings is 1. The summed E-state index contributed by atoms with van der Waals surface area (Å²) in [6.07, 6.45) is 4.00. The SMILES string of the molecule is O=Cc1ccc(C(=O)C2CCC2)s1. The Labute approximate surface area is 80.6 Å². The summed E-state index contributed by atoms with van der Waals surface area (Å²) in [4.78, 5) is 23.4. The first-order valence-corrected chi connectivity index (χ1v) is 5.22. The molecule has 3 heteroatoms. The molecule has 0 atom stereocenters. The molecule has 68 valence electrons. The van der Waals surface area contributed by atoms with E-state index in [1.165, 1.54) is 17.8 Å². The highest BCUT2D eigenvalue weighted by molar-refractivity contribution is 7.15. The van der Waals surface area contributed by atoms with Crippen LogP contribution in [-0.2, 0) is 0 Å². The number of rotatable bonds is 3. The van der Waals surface area contributed by atoms with Gasteiger partial charge in [0.1, 0.15) is 0 Å². The summed E-state index contributed by atoms with van der Waals surface area (Å²) in [5, 5.41) is 0. The summed E-state index contributed by atoms with van der Waals surface area (Å²) in [5.41, 5.74) is 0. The van der Waals surface area contributed by atoms with Gasteiger partial charge >= 0.3 is 0 Å². The van der Waals surface area contributed by atoms with E-state index in [1.54, 1.807) is 12.1 Å². The molecule has 0 saturated heterocycles. The topological polar surface area (TPSA) is 34.1 Å². The van der Waals surface area contributed by atoms with Crippen LogP contribution in [0.1, 0.15) is 38.6 Å². The zero-order valence-corrected chi connectivity index (χ0v) is 7.97. The molecule has 1 aliphatic carbocycles. The van der Waals surface area contributed by atoms with Gasteiger partial charge in [-0.25, -0.2) is 0 Å². The standard InChI is InChI=1S/C10H10O2S/c11-6-8-4-5-9(13-8)10(12)7-2-1-3-7/h4-7H,1-3H2. The van der Waals surface area contributed by atoms with Crippen LogP contribution in [-0.4, -0.2) is 12.1 Å². The number of ketones is 1. The Kier molecular flexibility index (Phi) is 2.27. The van der Waals surface area contributed by atoms with Crippen molar-refractivity contribution in [2.24, 2.45) is 5.92 Å². The van der Waals surface area contributed by atoms with Crippen LogP contribution in [0.2, 0.25) is 0 Å². The molecule has 1 aromatic heterocycles. The van der Waals surface area contributed by atoms with Crippen molar-refractivity contribution < 1.29 is 9.59 Å². The van der Waals surface area contributed by atoms with Gasteiger partial charge in [0, 0.05) is 5.92 Å². The Bertz CT molecular complexity index is 336. The number of hydrogen-bond acceptors (Lipinski definition) is 3. The van der Waals surface area contributed by atoms with Gasteiger partial charge < -0.3 is 0 Å². The second-order valence-electron chi connectivity index (χ2n) is 3.31. The predicted molar refractivity (Wildman–Crippen MR) is 51.4 cm³/mol. The molecule has 0 aliphatic heterocycles. The molecule has 1 fully saturated rings. The van der Waals surface area contributed by atoms with Crippen molar-refractivity contribution in [3.8, 4) is 0 Å². The van der Waals surface area contributed by atoms with Gasteiger partial charge in [-0.05, 0) is 25.0 Å². The van der Waals surface area contributed by atoms with E-state index in [2.05, 4.69) is 0 Å². The van der Waals surface area contributed by atoms with Crippen LogP contribution < -0.4 is 0 Å². The van der Waals surface area contributed by atoms with E-state index in [4.69, 9.17) is 0 Å². The molecule has 0 aromatic carbocycles. The molecule has 0 N–H and O–H groups in total. The molecule has 0 unspecified atom stereocenters.